The zero-order chi connectivity index (χ0) is 10.6. The maximum atomic E-state index is 10.3. The molecule has 0 aromatic heterocycles. The fourth-order valence-electron chi connectivity index (χ4n) is 1.01. The molecule has 4 heteroatoms. The third-order valence-corrected chi connectivity index (χ3v) is 1.48. The number of nitrogens with one attached hydrogen (secondary N) is 1. The van der Waals surface area contributed by atoms with Crippen LogP contribution >= 0.6 is 0 Å². The highest BCUT2D eigenvalue weighted by Crippen LogP contribution is 2.16. The summed E-state index contributed by atoms with van der Waals surface area (Å²) in [6, 6.07) is 6.77. The molecule has 0 spiro atoms. The Morgan fingerprint density at radius 3 is 2.36 bits per heavy atom. The van der Waals surface area contributed by atoms with Crippen LogP contribution in [-0.2, 0) is 0 Å². The van der Waals surface area contributed by atoms with Gasteiger partial charge in [0, 0.05) is 5.69 Å². The average Bonchev–Trinajstić information content (AvgIpc) is 2.06. The fraction of sp³-hybridized carbons (Fsp3) is 0.300. The molecule has 1 rings (SSSR count). The van der Waals surface area contributed by atoms with E-state index in [-0.39, 0.29) is 6.10 Å². The molecule has 0 atom stereocenters. The number of amides is 1. The molecule has 0 unspecified atom stereocenters. The normalized spacial score (nSPS) is 9.93. The molecule has 1 amide bonds. The summed E-state index contributed by atoms with van der Waals surface area (Å²) in [6.07, 6.45) is -0.948. The van der Waals surface area contributed by atoms with Crippen molar-refractivity contribution in [3.05, 3.63) is 24.3 Å². The van der Waals surface area contributed by atoms with E-state index in [9.17, 15) is 4.79 Å². The van der Waals surface area contributed by atoms with E-state index in [4.69, 9.17) is 9.84 Å². The Kier molecular flexibility index (Phi) is 3.34. The van der Waals surface area contributed by atoms with Crippen molar-refractivity contribution < 1.29 is 14.6 Å². The van der Waals surface area contributed by atoms with Gasteiger partial charge in [-0.2, -0.15) is 0 Å². The van der Waals surface area contributed by atoms with E-state index in [1.54, 1.807) is 24.3 Å². The third-order valence-electron chi connectivity index (χ3n) is 1.48. The zero-order valence-electron chi connectivity index (χ0n) is 8.15. The Bertz CT molecular complexity index is 306. The maximum absolute atomic E-state index is 10.3. The van der Waals surface area contributed by atoms with Gasteiger partial charge in [0.25, 0.3) is 0 Å². The first-order chi connectivity index (χ1) is 6.58. The Morgan fingerprint density at radius 2 is 1.93 bits per heavy atom. The van der Waals surface area contributed by atoms with Crippen molar-refractivity contribution in [1.82, 2.24) is 0 Å². The summed E-state index contributed by atoms with van der Waals surface area (Å²) in [5.41, 5.74) is 0.536. The van der Waals surface area contributed by atoms with Gasteiger partial charge in [0.15, 0.2) is 0 Å². The van der Waals surface area contributed by atoms with Crippen LogP contribution in [0.15, 0.2) is 24.3 Å². The van der Waals surface area contributed by atoms with Gasteiger partial charge in [0.2, 0.25) is 0 Å². The lowest BCUT2D eigenvalue weighted by atomic mass is 10.3. The van der Waals surface area contributed by atoms with Gasteiger partial charge >= 0.3 is 6.09 Å². The van der Waals surface area contributed by atoms with Gasteiger partial charge in [-0.15, -0.1) is 0 Å². The summed E-state index contributed by atoms with van der Waals surface area (Å²) in [6.45, 7) is 3.87. The molecule has 0 aliphatic heterocycles. The van der Waals surface area contributed by atoms with Crippen LogP contribution in [0.25, 0.3) is 0 Å². The van der Waals surface area contributed by atoms with Crippen LogP contribution in [-0.4, -0.2) is 17.3 Å². The van der Waals surface area contributed by atoms with Gasteiger partial charge in [-0.1, -0.05) is 0 Å². The molecule has 0 saturated carbocycles. The maximum Gasteiger partial charge on any atom is 0.409 e. The molecule has 0 bridgehead atoms. The largest absolute Gasteiger partial charge is 0.491 e. The van der Waals surface area contributed by atoms with Crippen LogP contribution in [0.4, 0.5) is 10.5 Å². The summed E-state index contributed by atoms with van der Waals surface area (Å²) in [5, 5.41) is 10.7. The van der Waals surface area contributed by atoms with Crippen molar-refractivity contribution in [2.75, 3.05) is 5.32 Å². The molecule has 0 aliphatic carbocycles. The molecule has 0 fully saturated rings. The van der Waals surface area contributed by atoms with E-state index in [1.165, 1.54) is 0 Å². The lowest BCUT2D eigenvalue weighted by molar-refractivity contribution is 0.209. The molecule has 14 heavy (non-hydrogen) atoms. The number of hydrogen-bond donors (Lipinski definition) is 2. The van der Waals surface area contributed by atoms with E-state index in [2.05, 4.69) is 5.32 Å². The highest BCUT2D eigenvalue weighted by atomic mass is 16.5. The van der Waals surface area contributed by atoms with E-state index in [1.807, 2.05) is 13.8 Å². The van der Waals surface area contributed by atoms with Crippen molar-refractivity contribution in [2.45, 2.75) is 20.0 Å². The van der Waals surface area contributed by atoms with Gasteiger partial charge < -0.3 is 9.84 Å². The quantitative estimate of drug-likeness (QED) is 0.779. The minimum Gasteiger partial charge on any atom is -0.491 e. The van der Waals surface area contributed by atoms with Crippen molar-refractivity contribution in [3.63, 3.8) is 0 Å². The van der Waals surface area contributed by atoms with Crippen molar-refractivity contribution >= 4 is 11.8 Å². The lowest BCUT2D eigenvalue weighted by Crippen LogP contribution is -2.08. The molecule has 4 nitrogen and oxygen atoms in total. The van der Waals surface area contributed by atoms with Crippen LogP contribution < -0.4 is 10.1 Å². The highest BCUT2D eigenvalue weighted by Gasteiger charge is 1.99. The minimum atomic E-state index is -1.07. The second kappa shape index (κ2) is 4.50. The predicted octanol–water partition coefficient (Wildman–Crippen LogP) is 2.56. The minimum absolute atomic E-state index is 0.119. The van der Waals surface area contributed by atoms with Crippen LogP contribution in [0.1, 0.15) is 13.8 Å². The first-order valence-corrected chi connectivity index (χ1v) is 4.34. The Hall–Kier alpha value is -1.71. The van der Waals surface area contributed by atoms with Gasteiger partial charge in [0.1, 0.15) is 5.75 Å². The molecule has 1 aromatic rings. The molecule has 2 N–H and O–H groups in total. The molecule has 0 aliphatic rings. The smallest absolute Gasteiger partial charge is 0.409 e. The Balaban J connectivity index is 2.63. The fourth-order valence-corrected chi connectivity index (χ4v) is 1.01. The number of rotatable bonds is 3. The van der Waals surface area contributed by atoms with E-state index >= 15 is 0 Å². The summed E-state index contributed by atoms with van der Waals surface area (Å²) in [4.78, 5) is 10.3. The number of carboxylic acid groups (broad SMARTS) is 1. The first-order valence-electron chi connectivity index (χ1n) is 4.34. The van der Waals surface area contributed by atoms with E-state index in [0.29, 0.717) is 5.69 Å². The van der Waals surface area contributed by atoms with Crippen LogP contribution in [0, 0.1) is 0 Å². The molecular formula is C10H13NO3. The summed E-state index contributed by atoms with van der Waals surface area (Å²) in [5.74, 6) is 0.732. The first kappa shape index (κ1) is 10.4. The number of anilines is 1. The second-order valence-corrected chi connectivity index (χ2v) is 3.12. The number of ether oxygens (including phenoxy) is 1. The third kappa shape index (κ3) is 3.35. The van der Waals surface area contributed by atoms with Crippen LogP contribution in [0.3, 0.4) is 0 Å². The number of carbonyl (C=O) groups is 1. The van der Waals surface area contributed by atoms with Crippen LogP contribution in [0.5, 0.6) is 5.75 Å². The Labute approximate surface area is 82.5 Å². The van der Waals surface area contributed by atoms with Gasteiger partial charge in [-0.25, -0.2) is 4.79 Å². The van der Waals surface area contributed by atoms with Gasteiger partial charge in [-0.05, 0) is 38.1 Å². The molecular weight excluding hydrogens is 182 g/mol. The monoisotopic (exact) mass is 195 g/mol. The summed E-state index contributed by atoms with van der Waals surface area (Å²) in [7, 11) is 0. The van der Waals surface area contributed by atoms with Crippen molar-refractivity contribution in [1.29, 1.82) is 0 Å². The van der Waals surface area contributed by atoms with E-state index < -0.39 is 6.09 Å². The summed E-state index contributed by atoms with van der Waals surface area (Å²) < 4.78 is 5.40. The number of benzene rings is 1. The van der Waals surface area contributed by atoms with Gasteiger partial charge in [0.05, 0.1) is 6.10 Å². The highest BCUT2D eigenvalue weighted by molar-refractivity contribution is 5.82. The standard InChI is InChI=1S/C10H13NO3/c1-7(2)14-9-5-3-8(4-6-9)11-10(12)13/h3-7,11H,1-2H3,(H,12,13). The van der Waals surface area contributed by atoms with E-state index in [0.717, 1.165) is 5.75 Å². The SMILES string of the molecule is CC(C)Oc1ccc(NC(=O)O)cc1. The topological polar surface area (TPSA) is 58.6 Å². The molecule has 0 saturated heterocycles. The van der Waals surface area contributed by atoms with Crippen molar-refractivity contribution in [2.24, 2.45) is 0 Å². The van der Waals surface area contributed by atoms with Gasteiger partial charge in [-0.3, -0.25) is 5.32 Å². The predicted molar refractivity (Wildman–Crippen MR) is 53.9 cm³/mol. The lowest BCUT2D eigenvalue weighted by Gasteiger charge is -2.09. The average molecular weight is 195 g/mol. The van der Waals surface area contributed by atoms with Crippen LogP contribution in [0.2, 0.25) is 0 Å². The van der Waals surface area contributed by atoms with Crippen molar-refractivity contribution in [3.8, 4) is 5.75 Å². The number of hydrogen-bond acceptors (Lipinski definition) is 2. The molecule has 0 heterocycles. The summed E-state index contributed by atoms with van der Waals surface area (Å²) >= 11 is 0. The Morgan fingerprint density at radius 1 is 1.36 bits per heavy atom. The molecule has 0 radical (unpaired) electrons. The molecule has 76 valence electrons. The second-order valence-electron chi connectivity index (χ2n) is 3.12. The zero-order valence-corrected chi connectivity index (χ0v) is 8.15. The molecule has 1 aromatic carbocycles.